The van der Waals surface area contributed by atoms with Crippen molar-refractivity contribution in [3.8, 4) is 0 Å². The number of likely N-dealkylation sites (tertiary alicyclic amines) is 1. The Kier molecular flexibility index (Phi) is 3.49. The van der Waals surface area contributed by atoms with Gasteiger partial charge in [0.15, 0.2) is 0 Å². The highest BCUT2D eigenvalue weighted by Gasteiger charge is 2.23. The predicted molar refractivity (Wildman–Crippen MR) is 78.8 cm³/mol. The van der Waals surface area contributed by atoms with E-state index in [2.05, 4.69) is 42.2 Å². The Morgan fingerprint density at radius 2 is 2.11 bits per heavy atom. The number of nitrogens with zero attached hydrogens (tertiary/aromatic N) is 2. The molecular formula is C16H21N3. The van der Waals surface area contributed by atoms with Gasteiger partial charge in [-0.2, -0.15) is 0 Å². The summed E-state index contributed by atoms with van der Waals surface area (Å²) in [5, 5.41) is 1.21. The Morgan fingerprint density at radius 3 is 2.95 bits per heavy atom. The third-order valence-corrected chi connectivity index (χ3v) is 4.08. The van der Waals surface area contributed by atoms with Crippen molar-refractivity contribution in [3.63, 3.8) is 0 Å². The lowest BCUT2D eigenvalue weighted by atomic mass is 9.99. The summed E-state index contributed by atoms with van der Waals surface area (Å²) in [6.45, 7) is 4.27. The SMILES string of the molecule is CC1CC(N)CCN1Cc1ccc2ccccc2n1. The molecule has 1 aliphatic rings. The van der Waals surface area contributed by atoms with E-state index in [4.69, 9.17) is 10.7 Å². The van der Waals surface area contributed by atoms with E-state index < -0.39 is 0 Å². The normalized spacial score (nSPS) is 24.7. The number of rotatable bonds is 2. The van der Waals surface area contributed by atoms with E-state index in [1.54, 1.807) is 0 Å². The quantitative estimate of drug-likeness (QED) is 0.896. The Labute approximate surface area is 114 Å². The summed E-state index contributed by atoms with van der Waals surface area (Å²) in [6, 6.07) is 13.5. The number of para-hydroxylation sites is 1. The minimum absolute atomic E-state index is 0.371. The number of hydrogen-bond donors (Lipinski definition) is 1. The molecule has 1 aromatic heterocycles. The molecule has 0 saturated carbocycles. The summed E-state index contributed by atoms with van der Waals surface area (Å²) >= 11 is 0. The van der Waals surface area contributed by atoms with Crippen LogP contribution in [0.15, 0.2) is 36.4 Å². The summed E-state index contributed by atoms with van der Waals surface area (Å²) in [4.78, 5) is 7.24. The Balaban J connectivity index is 1.77. The molecule has 1 fully saturated rings. The van der Waals surface area contributed by atoms with E-state index in [9.17, 15) is 0 Å². The second-order valence-corrected chi connectivity index (χ2v) is 5.60. The van der Waals surface area contributed by atoms with Gasteiger partial charge in [-0.25, -0.2) is 0 Å². The van der Waals surface area contributed by atoms with Gasteiger partial charge >= 0.3 is 0 Å². The minimum atomic E-state index is 0.371. The van der Waals surface area contributed by atoms with Gasteiger partial charge < -0.3 is 5.73 Å². The Morgan fingerprint density at radius 1 is 1.26 bits per heavy atom. The molecule has 3 heteroatoms. The lowest BCUT2D eigenvalue weighted by Gasteiger charge is -2.36. The maximum absolute atomic E-state index is 6.01. The summed E-state index contributed by atoms with van der Waals surface area (Å²) in [6.07, 6.45) is 2.19. The minimum Gasteiger partial charge on any atom is -0.328 e. The Hall–Kier alpha value is -1.45. The van der Waals surface area contributed by atoms with E-state index in [0.29, 0.717) is 12.1 Å². The van der Waals surface area contributed by atoms with Gasteiger partial charge in [0.1, 0.15) is 0 Å². The topological polar surface area (TPSA) is 42.1 Å². The van der Waals surface area contributed by atoms with Crippen LogP contribution in [0.4, 0.5) is 0 Å². The van der Waals surface area contributed by atoms with Gasteiger partial charge in [-0.3, -0.25) is 9.88 Å². The number of pyridine rings is 1. The number of benzene rings is 1. The predicted octanol–water partition coefficient (Wildman–Crippen LogP) is 2.55. The zero-order valence-corrected chi connectivity index (χ0v) is 11.4. The first kappa shape index (κ1) is 12.6. The zero-order valence-electron chi connectivity index (χ0n) is 11.4. The first-order valence-corrected chi connectivity index (χ1v) is 7.06. The molecule has 0 spiro atoms. The van der Waals surface area contributed by atoms with Gasteiger partial charge in [-0.05, 0) is 31.9 Å². The molecule has 0 radical (unpaired) electrons. The molecule has 2 N–H and O–H groups in total. The fourth-order valence-corrected chi connectivity index (χ4v) is 2.90. The molecule has 3 rings (SSSR count). The number of aromatic nitrogens is 1. The molecule has 2 atom stereocenters. The average Bonchev–Trinajstić information content (AvgIpc) is 2.42. The fraction of sp³-hybridized carbons (Fsp3) is 0.438. The van der Waals surface area contributed by atoms with Crippen molar-refractivity contribution in [1.29, 1.82) is 0 Å². The van der Waals surface area contributed by atoms with E-state index in [-0.39, 0.29) is 0 Å². The second-order valence-electron chi connectivity index (χ2n) is 5.60. The van der Waals surface area contributed by atoms with E-state index in [1.165, 1.54) is 5.39 Å². The monoisotopic (exact) mass is 255 g/mol. The maximum atomic E-state index is 6.01. The number of hydrogen-bond acceptors (Lipinski definition) is 3. The third-order valence-electron chi connectivity index (χ3n) is 4.08. The van der Waals surface area contributed by atoms with Gasteiger partial charge in [-0.1, -0.05) is 24.3 Å². The summed E-state index contributed by atoms with van der Waals surface area (Å²) in [5.74, 6) is 0. The largest absolute Gasteiger partial charge is 0.328 e. The van der Waals surface area contributed by atoms with Crippen LogP contribution in [-0.4, -0.2) is 28.5 Å². The van der Waals surface area contributed by atoms with Gasteiger partial charge in [0.2, 0.25) is 0 Å². The van der Waals surface area contributed by atoms with Crippen molar-refractivity contribution in [3.05, 3.63) is 42.1 Å². The molecular weight excluding hydrogens is 234 g/mol. The molecule has 2 unspecified atom stereocenters. The summed E-state index contributed by atoms with van der Waals surface area (Å²) in [5.41, 5.74) is 8.25. The second kappa shape index (κ2) is 5.27. The highest BCUT2D eigenvalue weighted by molar-refractivity contribution is 5.78. The van der Waals surface area contributed by atoms with Crippen LogP contribution in [0.2, 0.25) is 0 Å². The first-order valence-electron chi connectivity index (χ1n) is 7.06. The summed E-state index contributed by atoms with van der Waals surface area (Å²) < 4.78 is 0. The molecule has 1 aromatic carbocycles. The molecule has 1 saturated heterocycles. The van der Waals surface area contributed by atoms with Gasteiger partial charge in [-0.15, -0.1) is 0 Å². The van der Waals surface area contributed by atoms with Crippen LogP contribution >= 0.6 is 0 Å². The molecule has 2 aromatic rings. The number of nitrogens with two attached hydrogens (primary N) is 1. The van der Waals surface area contributed by atoms with E-state index in [0.717, 1.165) is 37.1 Å². The van der Waals surface area contributed by atoms with Crippen molar-refractivity contribution < 1.29 is 0 Å². The van der Waals surface area contributed by atoms with Crippen LogP contribution in [0.1, 0.15) is 25.5 Å². The molecule has 19 heavy (non-hydrogen) atoms. The van der Waals surface area contributed by atoms with Crippen LogP contribution in [0.5, 0.6) is 0 Å². The molecule has 1 aliphatic heterocycles. The smallest absolute Gasteiger partial charge is 0.0705 e. The fourth-order valence-electron chi connectivity index (χ4n) is 2.90. The lowest BCUT2D eigenvalue weighted by Crippen LogP contribution is -2.45. The molecule has 0 bridgehead atoms. The Bertz CT molecular complexity index is 567. The lowest BCUT2D eigenvalue weighted by molar-refractivity contribution is 0.138. The van der Waals surface area contributed by atoms with Gasteiger partial charge in [0.25, 0.3) is 0 Å². The molecule has 100 valence electrons. The third kappa shape index (κ3) is 2.77. The van der Waals surface area contributed by atoms with Crippen molar-refractivity contribution >= 4 is 10.9 Å². The zero-order chi connectivity index (χ0) is 13.2. The van der Waals surface area contributed by atoms with Gasteiger partial charge in [0.05, 0.1) is 11.2 Å². The number of piperidine rings is 1. The first-order chi connectivity index (χ1) is 9.22. The number of fused-ring (bicyclic) bond motifs is 1. The van der Waals surface area contributed by atoms with Crippen molar-refractivity contribution in [2.24, 2.45) is 5.73 Å². The van der Waals surface area contributed by atoms with E-state index in [1.807, 2.05) is 6.07 Å². The van der Waals surface area contributed by atoms with Crippen LogP contribution < -0.4 is 5.73 Å². The maximum Gasteiger partial charge on any atom is 0.0705 e. The molecule has 0 amide bonds. The van der Waals surface area contributed by atoms with Crippen LogP contribution in [0, 0.1) is 0 Å². The van der Waals surface area contributed by atoms with Crippen LogP contribution in [-0.2, 0) is 6.54 Å². The highest BCUT2D eigenvalue weighted by atomic mass is 15.2. The van der Waals surface area contributed by atoms with E-state index >= 15 is 0 Å². The van der Waals surface area contributed by atoms with Crippen molar-refractivity contribution in [1.82, 2.24) is 9.88 Å². The molecule has 2 heterocycles. The molecule has 0 aliphatic carbocycles. The highest BCUT2D eigenvalue weighted by Crippen LogP contribution is 2.19. The van der Waals surface area contributed by atoms with Crippen molar-refractivity contribution in [2.75, 3.05) is 6.54 Å². The molecule has 3 nitrogen and oxygen atoms in total. The van der Waals surface area contributed by atoms with Crippen molar-refractivity contribution in [2.45, 2.75) is 38.4 Å². The standard InChI is InChI=1S/C16H21N3/c1-12-10-14(17)8-9-19(12)11-15-7-6-13-4-2-3-5-16(13)18-15/h2-7,12,14H,8-11,17H2,1H3. The van der Waals surface area contributed by atoms with Crippen LogP contribution in [0.3, 0.4) is 0 Å². The average molecular weight is 255 g/mol. The van der Waals surface area contributed by atoms with Gasteiger partial charge in [0, 0.05) is 30.6 Å². The summed E-state index contributed by atoms with van der Waals surface area (Å²) in [7, 11) is 0. The van der Waals surface area contributed by atoms with Crippen LogP contribution in [0.25, 0.3) is 10.9 Å².